The average molecular weight is 495 g/mol. The highest BCUT2D eigenvalue weighted by atomic mass is 16.3. The van der Waals surface area contributed by atoms with E-state index in [0.29, 0.717) is 35.3 Å². The molecule has 0 radical (unpaired) electrons. The van der Waals surface area contributed by atoms with Gasteiger partial charge in [0.1, 0.15) is 22.9 Å². The molecule has 5 heteroatoms. The molecule has 4 aromatic rings. The van der Waals surface area contributed by atoms with Crippen LogP contribution in [-0.4, -0.2) is 27.9 Å². The molecule has 5 nitrogen and oxygen atoms in total. The van der Waals surface area contributed by atoms with Gasteiger partial charge in [0.05, 0.1) is 17.0 Å². The second-order valence-corrected chi connectivity index (χ2v) is 11.0. The van der Waals surface area contributed by atoms with Gasteiger partial charge in [-0.25, -0.2) is 0 Å². The molecule has 1 aliphatic heterocycles. The maximum atomic E-state index is 13.9. The Morgan fingerprint density at radius 1 is 1.03 bits per heavy atom. The molecule has 1 unspecified atom stereocenters. The van der Waals surface area contributed by atoms with Gasteiger partial charge in [0, 0.05) is 30.2 Å². The van der Waals surface area contributed by atoms with Gasteiger partial charge in [-0.2, -0.15) is 0 Å². The number of rotatable bonds is 6. The summed E-state index contributed by atoms with van der Waals surface area (Å²) in [5.41, 5.74) is 3.99. The molecule has 1 atom stereocenters. The minimum atomic E-state index is -0.289. The van der Waals surface area contributed by atoms with Crippen LogP contribution in [-0.2, 0) is 6.42 Å². The molecule has 0 saturated heterocycles. The molecule has 0 fully saturated rings. The lowest BCUT2D eigenvalue weighted by molar-refractivity contribution is 0.210. The highest BCUT2D eigenvalue weighted by molar-refractivity contribution is 6.00. The van der Waals surface area contributed by atoms with E-state index in [1.54, 1.807) is 6.07 Å². The van der Waals surface area contributed by atoms with E-state index < -0.39 is 0 Å². The summed E-state index contributed by atoms with van der Waals surface area (Å²) in [6.45, 7) is 11.4. The first-order chi connectivity index (χ1) is 17.6. The number of hydrogen-bond donors (Lipinski definition) is 1. The Hall–Kier alpha value is -3.86. The smallest absolute Gasteiger partial charge is 0.196 e. The van der Waals surface area contributed by atoms with Gasteiger partial charge in [0.15, 0.2) is 5.43 Å². The third-order valence-corrected chi connectivity index (χ3v) is 7.01. The minimum absolute atomic E-state index is 0.0574. The Morgan fingerprint density at radius 3 is 2.41 bits per heavy atom. The molecular formula is C32H34N2O3. The van der Waals surface area contributed by atoms with Crippen molar-refractivity contribution < 1.29 is 9.52 Å². The monoisotopic (exact) mass is 494 g/mol. The predicted molar refractivity (Wildman–Crippen MR) is 149 cm³/mol. The van der Waals surface area contributed by atoms with E-state index in [1.165, 1.54) is 17.7 Å². The third-order valence-electron chi connectivity index (χ3n) is 7.01. The zero-order valence-corrected chi connectivity index (χ0v) is 22.2. The maximum absolute atomic E-state index is 13.9. The van der Waals surface area contributed by atoms with Crippen molar-refractivity contribution in [2.75, 3.05) is 6.54 Å². The second kappa shape index (κ2) is 9.55. The topological polar surface area (TPSA) is 66.0 Å². The first kappa shape index (κ1) is 24.8. The minimum Gasteiger partial charge on any atom is -0.508 e. The molecule has 37 heavy (non-hydrogen) atoms. The molecule has 2 heterocycles. The van der Waals surface area contributed by atoms with Crippen LogP contribution in [0.1, 0.15) is 61.8 Å². The zero-order valence-electron chi connectivity index (χ0n) is 22.2. The van der Waals surface area contributed by atoms with Crippen molar-refractivity contribution in [3.8, 4) is 5.75 Å². The second-order valence-electron chi connectivity index (χ2n) is 11.0. The molecule has 0 amide bonds. The van der Waals surface area contributed by atoms with E-state index in [9.17, 15) is 9.90 Å². The Labute approximate surface area is 218 Å². The molecule has 3 aromatic carbocycles. The van der Waals surface area contributed by atoms with Gasteiger partial charge < -0.3 is 14.4 Å². The normalized spacial score (nSPS) is 15.8. The van der Waals surface area contributed by atoms with E-state index in [4.69, 9.17) is 9.41 Å². The van der Waals surface area contributed by atoms with Crippen molar-refractivity contribution in [1.29, 1.82) is 0 Å². The first-order valence-corrected chi connectivity index (χ1v) is 12.9. The van der Waals surface area contributed by atoms with Gasteiger partial charge >= 0.3 is 0 Å². The number of aromatic hydroxyl groups is 1. The fraction of sp³-hybridized carbons (Fsp3) is 0.312. The Morgan fingerprint density at radius 2 is 1.73 bits per heavy atom. The van der Waals surface area contributed by atoms with Crippen LogP contribution in [0, 0.1) is 12.8 Å². The molecule has 1 N–H and O–H groups in total. The van der Waals surface area contributed by atoms with Crippen LogP contribution < -0.4 is 5.43 Å². The molecule has 0 spiro atoms. The van der Waals surface area contributed by atoms with Gasteiger partial charge in [-0.1, -0.05) is 74.0 Å². The summed E-state index contributed by atoms with van der Waals surface area (Å²) in [6.07, 6.45) is 0.465. The maximum Gasteiger partial charge on any atom is 0.196 e. The van der Waals surface area contributed by atoms with Crippen LogP contribution in [0.2, 0.25) is 0 Å². The van der Waals surface area contributed by atoms with Crippen LogP contribution in [0.5, 0.6) is 5.75 Å². The number of aryl methyl sites for hydroxylation is 1. The third kappa shape index (κ3) is 4.91. The van der Waals surface area contributed by atoms with Gasteiger partial charge in [0.25, 0.3) is 0 Å². The average Bonchev–Trinajstić information content (AvgIpc) is 3.17. The lowest BCUT2D eigenvalue weighted by Gasteiger charge is -2.35. The van der Waals surface area contributed by atoms with E-state index in [2.05, 4.69) is 63.8 Å². The number of phenolic OH excluding ortho intramolecular Hbond substituents is 1. The number of benzene rings is 3. The summed E-state index contributed by atoms with van der Waals surface area (Å²) in [5, 5.41) is 10.6. The Kier molecular flexibility index (Phi) is 6.40. The van der Waals surface area contributed by atoms with Crippen molar-refractivity contribution >= 4 is 16.8 Å². The van der Waals surface area contributed by atoms with Crippen molar-refractivity contribution in [2.24, 2.45) is 10.9 Å². The predicted octanol–water partition coefficient (Wildman–Crippen LogP) is 6.64. The van der Waals surface area contributed by atoms with E-state index in [-0.39, 0.29) is 28.7 Å². The van der Waals surface area contributed by atoms with Crippen LogP contribution >= 0.6 is 0 Å². The van der Waals surface area contributed by atoms with Gasteiger partial charge in [-0.15, -0.1) is 0 Å². The highest BCUT2D eigenvalue weighted by Gasteiger charge is 2.40. The number of hydrogen-bond acceptors (Lipinski definition) is 5. The summed E-state index contributed by atoms with van der Waals surface area (Å²) < 4.78 is 6.58. The standard InChI is InChI=1S/C32H34N2O3/c1-20(2)28(34-19-32(4,5)33-31(34)23-13-11-21(3)12-14-23)30-26(17-22-9-7-6-8-10-22)29(36)25-16-15-24(35)18-27(25)37-30/h6-16,18,20,28,35H,17,19H2,1-5H3. The Balaban J connectivity index is 1.72. The molecule has 0 aliphatic carbocycles. The van der Waals surface area contributed by atoms with Crippen molar-refractivity contribution in [2.45, 2.75) is 52.6 Å². The first-order valence-electron chi connectivity index (χ1n) is 12.9. The molecule has 1 aliphatic rings. The zero-order chi connectivity index (χ0) is 26.3. The summed E-state index contributed by atoms with van der Waals surface area (Å²) in [4.78, 5) is 21.4. The van der Waals surface area contributed by atoms with Crippen LogP contribution in [0.4, 0.5) is 0 Å². The summed E-state index contributed by atoms with van der Waals surface area (Å²) in [7, 11) is 0. The fourth-order valence-electron chi connectivity index (χ4n) is 5.29. The van der Waals surface area contributed by atoms with Crippen LogP contribution in [0.3, 0.4) is 0 Å². The number of amidine groups is 1. The molecule has 0 saturated carbocycles. The van der Waals surface area contributed by atoms with Crippen molar-refractivity contribution in [3.05, 3.63) is 111 Å². The summed E-state index contributed by atoms with van der Waals surface area (Å²) >= 11 is 0. The van der Waals surface area contributed by atoms with Crippen molar-refractivity contribution in [3.63, 3.8) is 0 Å². The highest BCUT2D eigenvalue weighted by Crippen LogP contribution is 2.38. The van der Waals surface area contributed by atoms with Gasteiger partial charge in [-0.05, 0) is 44.4 Å². The molecular weight excluding hydrogens is 460 g/mol. The Bertz CT molecular complexity index is 1520. The van der Waals surface area contributed by atoms with E-state index in [0.717, 1.165) is 17.0 Å². The fourth-order valence-corrected chi connectivity index (χ4v) is 5.29. The van der Waals surface area contributed by atoms with Crippen molar-refractivity contribution in [1.82, 2.24) is 4.90 Å². The number of nitrogens with zero attached hydrogens (tertiary/aromatic N) is 2. The summed E-state index contributed by atoms with van der Waals surface area (Å²) in [6, 6.07) is 22.9. The van der Waals surface area contributed by atoms with Crippen LogP contribution in [0.25, 0.3) is 11.0 Å². The molecule has 1 aromatic heterocycles. The lowest BCUT2D eigenvalue weighted by atomic mass is 9.91. The largest absolute Gasteiger partial charge is 0.508 e. The molecule has 5 rings (SSSR count). The SMILES string of the molecule is Cc1ccc(C2=NC(C)(C)CN2C(c2oc3cc(O)ccc3c(=O)c2Cc2ccccc2)C(C)C)cc1. The van der Waals surface area contributed by atoms with Gasteiger partial charge in [0.2, 0.25) is 0 Å². The molecule has 190 valence electrons. The number of phenols is 1. The number of aliphatic imine (C=N–C) groups is 1. The van der Waals surface area contributed by atoms with E-state index in [1.807, 2.05) is 30.3 Å². The quantitative estimate of drug-likeness (QED) is 0.326. The van der Waals surface area contributed by atoms with E-state index >= 15 is 0 Å². The number of fused-ring (bicyclic) bond motifs is 1. The lowest BCUT2D eigenvalue weighted by Crippen LogP contribution is -2.39. The summed E-state index contributed by atoms with van der Waals surface area (Å²) in [5.74, 6) is 1.74. The van der Waals surface area contributed by atoms with Crippen LogP contribution in [0.15, 0.2) is 87.0 Å². The van der Waals surface area contributed by atoms with Gasteiger partial charge in [-0.3, -0.25) is 9.79 Å². The molecule has 0 bridgehead atoms.